The first-order valence-electron chi connectivity index (χ1n) is 8.85. The molecule has 1 aromatic carbocycles. The van der Waals surface area contributed by atoms with E-state index in [1.54, 1.807) is 0 Å². The van der Waals surface area contributed by atoms with E-state index in [1.165, 1.54) is 63.4 Å². The van der Waals surface area contributed by atoms with E-state index in [1.807, 2.05) is 0 Å². The van der Waals surface area contributed by atoms with E-state index in [9.17, 15) is 4.39 Å². The first kappa shape index (κ1) is 18.2. The van der Waals surface area contributed by atoms with Crippen LogP contribution >= 0.6 is 0 Å². The Labute approximate surface area is 131 Å². The van der Waals surface area contributed by atoms with E-state index < -0.39 is 0 Å². The van der Waals surface area contributed by atoms with Gasteiger partial charge in [-0.1, -0.05) is 88.1 Å². The average Bonchev–Trinajstić information content (AvgIpc) is 2.53. The van der Waals surface area contributed by atoms with Gasteiger partial charge < -0.3 is 0 Å². The van der Waals surface area contributed by atoms with Crippen molar-refractivity contribution in [3.63, 3.8) is 0 Å². The van der Waals surface area contributed by atoms with E-state index in [2.05, 4.69) is 36.8 Å². The number of unbranched alkanes of at least 4 members (excludes halogenated alkanes) is 11. The van der Waals surface area contributed by atoms with Crippen molar-refractivity contribution >= 4 is 0 Å². The fraction of sp³-hybridized carbons (Fsp3) is 0.650. The number of hydrogen-bond acceptors (Lipinski definition) is 0. The van der Waals surface area contributed by atoms with Crippen LogP contribution in [0.3, 0.4) is 0 Å². The summed E-state index contributed by atoms with van der Waals surface area (Å²) in [5.41, 5.74) is 1.42. The quantitative estimate of drug-likeness (QED) is 0.335. The zero-order chi connectivity index (χ0) is 15.0. The first-order valence-corrected chi connectivity index (χ1v) is 8.85. The number of rotatable bonds is 14. The van der Waals surface area contributed by atoms with E-state index in [-0.39, 0.29) is 6.67 Å². The van der Waals surface area contributed by atoms with Crippen molar-refractivity contribution in [3.8, 4) is 0 Å². The molecular weight excluding hydrogens is 259 g/mol. The number of hydrogen-bond donors (Lipinski definition) is 0. The monoisotopic (exact) mass is 291 g/mol. The number of halogens is 1. The van der Waals surface area contributed by atoms with Crippen molar-refractivity contribution in [1.29, 1.82) is 0 Å². The first-order chi connectivity index (χ1) is 10.4. The second-order valence-electron chi connectivity index (χ2n) is 5.99. The average molecular weight is 291 g/mol. The van der Waals surface area contributed by atoms with Crippen molar-refractivity contribution in [2.45, 2.75) is 77.0 Å². The molecule has 0 aromatic heterocycles. The lowest BCUT2D eigenvalue weighted by Crippen LogP contribution is -1.87. The van der Waals surface area contributed by atoms with Gasteiger partial charge in [0.05, 0.1) is 6.67 Å². The fourth-order valence-corrected chi connectivity index (χ4v) is 2.68. The maximum Gasteiger partial charge on any atom is 0.0894 e. The van der Waals surface area contributed by atoms with Crippen LogP contribution in [-0.4, -0.2) is 6.67 Å². The summed E-state index contributed by atoms with van der Waals surface area (Å²) in [6.07, 6.45) is 17.3. The van der Waals surface area contributed by atoms with Crippen LogP contribution in [0.1, 0.15) is 76.2 Å². The highest BCUT2D eigenvalue weighted by Gasteiger charge is 1.95. The molecular formula is C20H32F. The molecule has 0 saturated carbocycles. The Morgan fingerprint density at radius 3 is 1.76 bits per heavy atom. The second kappa shape index (κ2) is 14.1. The Hall–Kier alpha value is -0.850. The van der Waals surface area contributed by atoms with Crippen molar-refractivity contribution in [3.05, 3.63) is 42.3 Å². The summed E-state index contributed by atoms with van der Waals surface area (Å²) >= 11 is 0. The Morgan fingerprint density at radius 1 is 0.667 bits per heavy atom. The highest BCUT2D eigenvalue weighted by molar-refractivity contribution is 5.16. The van der Waals surface area contributed by atoms with Crippen LogP contribution in [0.15, 0.2) is 30.3 Å². The van der Waals surface area contributed by atoms with Crippen LogP contribution in [0, 0.1) is 6.42 Å². The van der Waals surface area contributed by atoms with Gasteiger partial charge in [-0.3, -0.25) is 4.39 Å². The molecule has 0 heterocycles. The number of benzene rings is 1. The Morgan fingerprint density at radius 2 is 1.19 bits per heavy atom. The summed E-state index contributed by atoms with van der Waals surface area (Å²) in [4.78, 5) is 0. The van der Waals surface area contributed by atoms with Gasteiger partial charge in [-0.05, 0) is 31.2 Å². The molecule has 1 rings (SSSR count). The predicted molar refractivity (Wildman–Crippen MR) is 91.2 cm³/mol. The molecule has 0 atom stereocenters. The molecule has 0 spiro atoms. The molecule has 0 aliphatic carbocycles. The van der Waals surface area contributed by atoms with E-state index in [0.29, 0.717) is 0 Å². The van der Waals surface area contributed by atoms with Crippen LogP contribution < -0.4 is 0 Å². The molecule has 0 saturated heterocycles. The van der Waals surface area contributed by atoms with Gasteiger partial charge in [0.25, 0.3) is 0 Å². The molecule has 0 fully saturated rings. The Bertz CT molecular complexity index is 307. The molecule has 0 nitrogen and oxygen atoms in total. The largest absolute Gasteiger partial charge is 0.251 e. The molecule has 1 heteroatoms. The molecule has 0 aliphatic heterocycles. The third kappa shape index (κ3) is 11.5. The van der Waals surface area contributed by atoms with Gasteiger partial charge in [0, 0.05) is 0 Å². The topological polar surface area (TPSA) is 0 Å². The van der Waals surface area contributed by atoms with E-state index in [0.717, 1.165) is 19.3 Å². The molecule has 0 unspecified atom stereocenters. The van der Waals surface area contributed by atoms with Crippen molar-refractivity contribution < 1.29 is 4.39 Å². The minimum absolute atomic E-state index is 0.138. The summed E-state index contributed by atoms with van der Waals surface area (Å²) in [6, 6.07) is 10.7. The molecule has 21 heavy (non-hydrogen) atoms. The SMILES string of the molecule is FCCCCCCCCCCCC[CH]Cc1ccccc1. The molecule has 0 N–H and O–H groups in total. The molecule has 119 valence electrons. The van der Waals surface area contributed by atoms with Gasteiger partial charge in [-0.25, -0.2) is 0 Å². The van der Waals surface area contributed by atoms with Gasteiger partial charge >= 0.3 is 0 Å². The fourth-order valence-electron chi connectivity index (χ4n) is 2.68. The molecule has 1 aromatic rings. The molecule has 0 aliphatic rings. The van der Waals surface area contributed by atoms with Crippen molar-refractivity contribution in [1.82, 2.24) is 0 Å². The van der Waals surface area contributed by atoms with Crippen LogP contribution in [0.5, 0.6) is 0 Å². The summed E-state index contributed by atoms with van der Waals surface area (Å²) in [5, 5.41) is 0. The van der Waals surface area contributed by atoms with Gasteiger partial charge in [-0.15, -0.1) is 0 Å². The Kier molecular flexibility index (Phi) is 12.2. The van der Waals surface area contributed by atoms with Crippen molar-refractivity contribution in [2.24, 2.45) is 0 Å². The maximum atomic E-state index is 11.9. The van der Waals surface area contributed by atoms with Gasteiger partial charge in [0.15, 0.2) is 0 Å². The minimum Gasteiger partial charge on any atom is -0.251 e. The lowest BCUT2D eigenvalue weighted by molar-refractivity contribution is 0.449. The summed E-state index contributed by atoms with van der Waals surface area (Å²) in [5.74, 6) is 0. The third-order valence-corrected chi connectivity index (χ3v) is 4.01. The zero-order valence-corrected chi connectivity index (χ0v) is 13.5. The summed E-state index contributed by atoms with van der Waals surface area (Å²) in [7, 11) is 0. The highest BCUT2D eigenvalue weighted by Crippen LogP contribution is 2.12. The van der Waals surface area contributed by atoms with Crippen LogP contribution in [0.2, 0.25) is 0 Å². The van der Waals surface area contributed by atoms with Crippen LogP contribution in [0.4, 0.5) is 4.39 Å². The maximum absolute atomic E-state index is 11.9. The third-order valence-electron chi connectivity index (χ3n) is 4.01. The van der Waals surface area contributed by atoms with E-state index in [4.69, 9.17) is 0 Å². The summed E-state index contributed by atoms with van der Waals surface area (Å²) in [6.45, 7) is -0.138. The number of alkyl halides is 1. The standard InChI is InChI=1S/C20H32F/c21-19-15-10-8-6-4-2-1-3-5-7-9-12-16-20-17-13-11-14-18-20/h11-14,17-18H,1-10,15-16,19H2. The highest BCUT2D eigenvalue weighted by atomic mass is 19.1. The molecule has 1 radical (unpaired) electrons. The van der Waals surface area contributed by atoms with E-state index >= 15 is 0 Å². The molecule has 0 amide bonds. The zero-order valence-electron chi connectivity index (χ0n) is 13.5. The predicted octanol–water partition coefficient (Wildman–Crippen LogP) is 6.69. The smallest absolute Gasteiger partial charge is 0.0894 e. The van der Waals surface area contributed by atoms with Crippen molar-refractivity contribution in [2.75, 3.05) is 6.67 Å². The van der Waals surface area contributed by atoms with Gasteiger partial charge in [0.2, 0.25) is 0 Å². The van der Waals surface area contributed by atoms with Crippen LogP contribution in [-0.2, 0) is 6.42 Å². The normalized spacial score (nSPS) is 10.9. The lowest BCUT2D eigenvalue weighted by atomic mass is 10.0. The minimum atomic E-state index is -0.138. The second-order valence-corrected chi connectivity index (χ2v) is 5.99. The van der Waals surface area contributed by atoms with Gasteiger partial charge in [0.1, 0.15) is 0 Å². The summed E-state index contributed by atoms with van der Waals surface area (Å²) < 4.78 is 11.9. The van der Waals surface area contributed by atoms with Crippen LogP contribution in [0.25, 0.3) is 0 Å². The Balaban J connectivity index is 1.75. The van der Waals surface area contributed by atoms with Gasteiger partial charge in [-0.2, -0.15) is 0 Å². The lowest BCUT2D eigenvalue weighted by Gasteiger charge is -2.03. The molecule has 0 bridgehead atoms.